The standard InChI is InChI=1S/C21H21F3N4O2S2/c1-2-14-10-15-19(25-12-26-20(15)32-14)31-11-18(29)27-16-9-13(21(22,23)24)3-4-17(16)28-5-7-30-8-6-28/h3-4,9-10,12H,2,5-8,11H2,1H3,(H,27,29). The van der Waals surface area contributed by atoms with Crippen LogP contribution in [0.25, 0.3) is 10.2 Å². The highest BCUT2D eigenvalue weighted by Crippen LogP contribution is 2.36. The lowest BCUT2D eigenvalue weighted by atomic mass is 10.1. The molecule has 1 N–H and O–H groups in total. The number of rotatable bonds is 6. The van der Waals surface area contributed by atoms with Crippen LogP contribution >= 0.6 is 23.1 Å². The van der Waals surface area contributed by atoms with Crippen LogP contribution in [0.3, 0.4) is 0 Å². The predicted molar refractivity (Wildman–Crippen MR) is 121 cm³/mol. The van der Waals surface area contributed by atoms with E-state index in [0.29, 0.717) is 37.0 Å². The van der Waals surface area contributed by atoms with Gasteiger partial charge in [0.2, 0.25) is 5.91 Å². The zero-order chi connectivity index (χ0) is 22.7. The van der Waals surface area contributed by atoms with E-state index in [1.807, 2.05) is 11.0 Å². The van der Waals surface area contributed by atoms with Crippen LogP contribution in [0, 0.1) is 0 Å². The summed E-state index contributed by atoms with van der Waals surface area (Å²) in [5.74, 6) is -0.385. The second-order valence-corrected chi connectivity index (χ2v) is 9.21. The fourth-order valence-electron chi connectivity index (χ4n) is 3.39. The molecule has 0 saturated carbocycles. The fraction of sp³-hybridized carbons (Fsp3) is 0.381. The number of alkyl halides is 3. The second kappa shape index (κ2) is 9.63. The van der Waals surface area contributed by atoms with Crippen molar-refractivity contribution in [3.8, 4) is 0 Å². The molecule has 4 rings (SSSR count). The third-order valence-electron chi connectivity index (χ3n) is 4.98. The third-order valence-corrected chi connectivity index (χ3v) is 7.17. The number of carbonyl (C=O) groups excluding carboxylic acids is 1. The molecule has 3 aromatic rings. The molecule has 0 atom stereocenters. The van der Waals surface area contributed by atoms with Crippen LogP contribution in [-0.4, -0.2) is 47.9 Å². The predicted octanol–water partition coefficient (Wildman–Crippen LogP) is 4.84. The van der Waals surface area contributed by atoms with E-state index in [1.54, 1.807) is 11.3 Å². The van der Waals surface area contributed by atoms with E-state index in [0.717, 1.165) is 28.8 Å². The van der Waals surface area contributed by atoms with Gasteiger partial charge >= 0.3 is 6.18 Å². The normalized spacial score (nSPS) is 14.7. The minimum atomic E-state index is -4.50. The Morgan fingerprint density at radius 1 is 1.25 bits per heavy atom. The van der Waals surface area contributed by atoms with Crippen molar-refractivity contribution in [2.24, 2.45) is 0 Å². The number of anilines is 2. The molecule has 1 aliphatic rings. The van der Waals surface area contributed by atoms with Gasteiger partial charge in [-0.15, -0.1) is 11.3 Å². The maximum Gasteiger partial charge on any atom is 0.416 e. The molecule has 0 unspecified atom stereocenters. The van der Waals surface area contributed by atoms with Gasteiger partial charge in [-0.25, -0.2) is 9.97 Å². The molecular formula is C21H21F3N4O2S2. The summed E-state index contributed by atoms with van der Waals surface area (Å²) in [5, 5.41) is 4.24. The van der Waals surface area contributed by atoms with Crippen LogP contribution < -0.4 is 10.2 Å². The van der Waals surface area contributed by atoms with Crippen LogP contribution in [0.1, 0.15) is 17.4 Å². The first-order chi connectivity index (χ1) is 15.3. The minimum absolute atomic E-state index is 0.0161. The molecule has 170 valence electrons. The topological polar surface area (TPSA) is 67.4 Å². The number of nitrogens with one attached hydrogen (secondary N) is 1. The van der Waals surface area contributed by atoms with Gasteiger partial charge in [0.15, 0.2) is 0 Å². The van der Waals surface area contributed by atoms with Gasteiger partial charge in [-0.3, -0.25) is 4.79 Å². The zero-order valence-corrected chi connectivity index (χ0v) is 18.9. The van der Waals surface area contributed by atoms with Crippen LogP contribution in [0.4, 0.5) is 24.5 Å². The number of nitrogens with zero attached hydrogens (tertiary/aromatic N) is 3. The maximum atomic E-state index is 13.3. The van der Waals surface area contributed by atoms with Crippen LogP contribution in [0.15, 0.2) is 35.6 Å². The lowest BCUT2D eigenvalue weighted by Gasteiger charge is -2.31. The average molecular weight is 483 g/mol. The molecule has 1 fully saturated rings. The molecule has 32 heavy (non-hydrogen) atoms. The van der Waals surface area contributed by atoms with Gasteiger partial charge in [-0.2, -0.15) is 13.2 Å². The lowest BCUT2D eigenvalue weighted by molar-refractivity contribution is -0.137. The summed E-state index contributed by atoms with van der Waals surface area (Å²) in [7, 11) is 0. The monoisotopic (exact) mass is 482 g/mol. The molecule has 0 bridgehead atoms. The highest BCUT2D eigenvalue weighted by molar-refractivity contribution is 8.00. The summed E-state index contributed by atoms with van der Waals surface area (Å²) >= 11 is 2.82. The number of carbonyl (C=O) groups is 1. The quantitative estimate of drug-likeness (QED) is 0.401. The molecule has 1 aliphatic heterocycles. The van der Waals surface area contributed by atoms with E-state index < -0.39 is 17.6 Å². The number of fused-ring (bicyclic) bond motifs is 1. The van der Waals surface area contributed by atoms with E-state index in [-0.39, 0.29) is 11.4 Å². The Morgan fingerprint density at radius 3 is 2.75 bits per heavy atom. The van der Waals surface area contributed by atoms with Crippen LogP contribution in [0.2, 0.25) is 0 Å². The van der Waals surface area contributed by atoms with Gasteiger partial charge in [-0.05, 0) is 30.7 Å². The SMILES string of the molecule is CCc1cc2c(SCC(=O)Nc3cc(C(F)(F)F)ccc3N3CCOCC3)ncnc2s1. The van der Waals surface area contributed by atoms with Crippen molar-refractivity contribution in [3.05, 3.63) is 41.0 Å². The van der Waals surface area contributed by atoms with Gasteiger partial charge in [0.25, 0.3) is 0 Å². The van der Waals surface area contributed by atoms with Gasteiger partial charge in [0.05, 0.1) is 35.9 Å². The number of morpholine rings is 1. The van der Waals surface area contributed by atoms with Crippen molar-refractivity contribution < 1.29 is 22.7 Å². The first kappa shape index (κ1) is 22.8. The number of hydrogen-bond acceptors (Lipinski definition) is 7. The van der Waals surface area contributed by atoms with E-state index in [2.05, 4.69) is 22.2 Å². The summed E-state index contributed by atoms with van der Waals surface area (Å²) in [5.41, 5.74) is -0.112. The number of thioether (sulfide) groups is 1. The number of aryl methyl sites for hydroxylation is 1. The van der Waals surface area contributed by atoms with E-state index >= 15 is 0 Å². The number of ether oxygens (including phenoxy) is 1. The molecule has 1 amide bonds. The van der Waals surface area contributed by atoms with Crippen molar-refractivity contribution in [3.63, 3.8) is 0 Å². The average Bonchev–Trinajstić information content (AvgIpc) is 3.22. The van der Waals surface area contributed by atoms with Crippen molar-refractivity contribution in [2.75, 3.05) is 42.3 Å². The smallest absolute Gasteiger partial charge is 0.378 e. The highest BCUT2D eigenvalue weighted by Gasteiger charge is 2.32. The Hall–Kier alpha value is -2.37. The Bertz CT molecular complexity index is 1110. The van der Waals surface area contributed by atoms with E-state index in [1.165, 1.54) is 29.0 Å². The van der Waals surface area contributed by atoms with Crippen molar-refractivity contribution >= 4 is 50.6 Å². The summed E-state index contributed by atoms with van der Waals surface area (Å²) < 4.78 is 45.1. The number of halogens is 3. The van der Waals surface area contributed by atoms with Gasteiger partial charge in [0, 0.05) is 23.4 Å². The minimum Gasteiger partial charge on any atom is -0.378 e. The van der Waals surface area contributed by atoms with E-state index in [4.69, 9.17) is 4.74 Å². The van der Waals surface area contributed by atoms with Gasteiger partial charge in [-0.1, -0.05) is 18.7 Å². The highest BCUT2D eigenvalue weighted by atomic mass is 32.2. The summed E-state index contributed by atoms with van der Waals surface area (Å²) in [4.78, 5) is 25.2. The summed E-state index contributed by atoms with van der Waals surface area (Å²) in [6.45, 7) is 4.10. The number of benzene rings is 1. The molecule has 1 saturated heterocycles. The van der Waals surface area contributed by atoms with Crippen molar-refractivity contribution in [1.29, 1.82) is 0 Å². The molecule has 11 heteroatoms. The van der Waals surface area contributed by atoms with E-state index in [9.17, 15) is 18.0 Å². The Balaban J connectivity index is 1.52. The van der Waals surface area contributed by atoms with Crippen LogP contribution in [0.5, 0.6) is 0 Å². The first-order valence-corrected chi connectivity index (χ1v) is 11.9. The maximum absolute atomic E-state index is 13.3. The Morgan fingerprint density at radius 2 is 2.03 bits per heavy atom. The number of hydrogen-bond donors (Lipinski definition) is 1. The third kappa shape index (κ3) is 5.16. The Labute approximate surface area is 191 Å². The summed E-state index contributed by atoms with van der Waals surface area (Å²) in [6, 6.07) is 5.45. The van der Waals surface area contributed by atoms with Gasteiger partial charge in [0.1, 0.15) is 16.2 Å². The molecular weight excluding hydrogens is 461 g/mol. The van der Waals surface area contributed by atoms with Crippen molar-refractivity contribution in [2.45, 2.75) is 24.5 Å². The largest absolute Gasteiger partial charge is 0.416 e. The summed E-state index contributed by atoms with van der Waals surface area (Å²) in [6.07, 6.45) is -2.16. The second-order valence-electron chi connectivity index (χ2n) is 7.13. The lowest BCUT2D eigenvalue weighted by Crippen LogP contribution is -2.37. The van der Waals surface area contributed by atoms with Gasteiger partial charge < -0.3 is 15.0 Å². The Kier molecular flexibility index (Phi) is 6.87. The molecule has 0 radical (unpaired) electrons. The van der Waals surface area contributed by atoms with Crippen molar-refractivity contribution in [1.82, 2.24) is 9.97 Å². The first-order valence-electron chi connectivity index (χ1n) is 10.0. The molecule has 0 aliphatic carbocycles. The number of amides is 1. The number of aromatic nitrogens is 2. The molecule has 1 aromatic carbocycles. The van der Waals surface area contributed by atoms with Crippen LogP contribution in [-0.2, 0) is 22.1 Å². The fourth-order valence-corrected chi connectivity index (χ4v) is 5.16. The number of thiophene rings is 1. The zero-order valence-electron chi connectivity index (χ0n) is 17.2. The molecule has 3 heterocycles. The molecule has 2 aromatic heterocycles. The molecule has 0 spiro atoms. The molecule has 6 nitrogen and oxygen atoms in total.